The molecule has 3 N–H and O–H groups in total. The fourth-order valence-electron chi connectivity index (χ4n) is 2.55. The fraction of sp³-hybridized carbons (Fsp3) is 0.111. The molecular weight excluding hydrogens is 425 g/mol. The summed E-state index contributed by atoms with van der Waals surface area (Å²) in [5, 5.41) is 13.8. The second-order valence-corrected chi connectivity index (χ2v) is 8.61. The topological polar surface area (TPSA) is 115 Å². The van der Waals surface area contributed by atoms with E-state index in [9.17, 15) is 18.3 Å². The molecule has 0 aliphatic heterocycles. The smallest absolute Gasteiger partial charge is 0.312 e. The zero-order valence-electron chi connectivity index (χ0n) is 14.5. The quantitative estimate of drug-likeness (QED) is 0.582. The minimum Gasteiger partial charge on any atom is -0.481 e. The Morgan fingerprint density at radius 2 is 1.68 bits per heavy atom. The Morgan fingerprint density at radius 3 is 2.21 bits per heavy atom. The average Bonchev–Trinajstić information content (AvgIpc) is 3.00. The number of carbonyl (C=O) groups is 1. The number of nitrogens with two attached hydrogens (primary N) is 1. The van der Waals surface area contributed by atoms with Crippen LogP contribution < -0.4 is 5.73 Å². The summed E-state index contributed by atoms with van der Waals surface area (Å²) in [6.07, 6.45) is 0. The summed E-state index contributed by atoms with van der Waals surface area (Å²) in [5.74, 6) is -2.29. The minimum absolute atomic E-state index is 0.0539. The first kappa shape index (κ1) is 20.2. The molecule has 0 aliphatic rings. The molecule has 3 rings (SSSR count). The van der Waals surface area contributed by atoms with Gasteiger partial charge in [0.15, 0.2) is 0 Å². The van der Waals surface area contributed by atoms with Gasteiger partial charge in [-0.2, -0.15) is 17.6 Å². The first-order valence-electron chi connectivity index (χ1n) is 8.01. The van der Waals surface area contributed by atoms with E-state index >= 15 is 0 Å². The summed E-state index contributed by atoms with van der Waals surface area (Å²) in [6.45, 7) is 1.38. The maximum Gasteiger partial charge on any atom is 0.312 e. The van der Waals surface area contributed by atoms with Crippen LogP contribution in [0.25, 0.3) is 11.3 Å². The number of carboxylic acids is 1. The number of benzene rings is 2. The first-order valence-corrected chi connectivity index (χ1v) is 10.2. The number of rotatable bonds is 5. The van der Waals surface area contributed by atoms with E-state index in [0.29, 0.717) is 16.3 Å². The lowest BCUT2D eigenvalue weighted by Crippen LogP contribution is -2.17. The Bertz CT molecular complexity index is 1140. The Labute approximate surface area is 171 Å². The van der Waals surface area contributed by atoms with E-state index < -0.39 is 21.9 Å². The maximum atomic E-state index is 13.2. The van der Waals surface area contributed by atoms with Gasteiger partial charge in [0, 0.05) is 16.3 Å². The van der Waals surface area contributed by atoms with E-state index in [1.165, 1.54) is 31.2 Å². The molecule has 3 aromatic rings. The van der Waals surface area contributed by atoms with Gasteiger partial charge in [-0.05, 0) is 43.3 Å². The van der Waals surface area contributed by atoms with Crippen molar-refractivity contribution < 1.29 is 18.3 Å². The van der Waals surface area contributed by atoms with Gasteiger partial charge in [0.05, 0.1) is 21.5 Å². The second kappa shape index (κ2) is 7.46. The van der Waals surface area contributed by atoms with Crippen molar-refractivity contribution in [3.05, 3.63) is 64.3 Å². The predicted molar refractivity (Wildman–Crippen MR) is 107 cm³/mol. The van der Waals surface area contributed by atoms with Crippen LogP contribution >= 0.6 is 23.2 Å². The van der Waals surface area contributed by atoms with Crippen molar-refractivity contribution in [3.63, 3.8) is 0 Å². The molecule has 0 amide bonds. The van der Waals surface area contributed by atoms with Crippen molar-refractivity contribution in [2.24, 2.45) is 0 Å². The van der Waals surface area contributed by atoms with Crippen molar-refractivity contribution in [3.8, 4) is 11.3 Å². The number of aromatic nitrogens is 2. The summed E-state index contributed by atoms with van der Waals surface area (Å²) in [5.41, 5.74) is 6.45. The van der Waals surface area contributed by atoms with Gasteiger partial charge in [-0.1, -0.05) is 35.3 Å². The molecule has 0 bridgehead atoms. The third-order valence-corrected chi connectivity index (χ3v) is 6.34. The summed E-state index contributed by atoms with van der Waals surface area (Å²) in [7, 11) is -4.17. The molecule has 1 aromatic heterocycles. The van der Waals surface area contributed by atoms with Crippen LogP contribution in [0.1, 0.15) is 18.5 Å². The highest BCUT2D eigenvalue weighted by molar-refractivity contribution is 7.90. The number of nitrogens with zero attached hydrogens (tertiary/aromatic N) is 2. The molecule has 0 spiro atoms. The molecule has 7 nitrogen and oxygen atoms in total. The highest BCUT2D eigenvalue weighted by atomic mass is 35.5. The van der Waals surface area contributed by atoms with E-state index in [4.69, 9.17) is 28.9 Å². The largest absolute Gasteiger partial charge is 0.481 e. The number of carboxylic acid groups (broad SMARTS) is 1. The number of anilines is 1. The van der Waals surface area contributed by atoms with Crippen molar-refractivity contribution >= 4 is 44.9 Å². The number of aliphatic carboxylic acids is 1. The Morgan fingerprint density at radius 1 is 1.11 bits per heavy atom. The summed E-state index contributed by atoms with van der Waals surface area (Å²) < 4.78 is 27.1. The maximum absolute atomic E-state index is 13.2. The fourth-order valence-corrected chi connectivity index (χ4v) is 4.43. The van der Waals surface area contributed by atoms with Gasteiger partial charge in [-0.3, -0.25) is 4.79 Å². The van der Waals surface area contributed by atoms with Crippen LogP contribution in [0, 0.1) is 0 Å². The SMILES string of the molecule is CC(C(=O)O)c1nn(S(=O)(=O)c2ccc(N)cc2)c(-c2ccc(Cl)cc2)c1Cl. The van der Waals surface area contributed by atoms with E-state index in [1.54, 1.807) is 24.3 Å². The van der Waals surface area contributed by atoms with Crippen LogP contribution in [0.5, 0.6) is 0 Å². The zero-order chi connectivity index (χ0) is 20.6. The van der Waals surface area contributed by atoms with Crippen molar-refractivity contribution in [1.29, 1.82) is 0 Å². The van der Waals surface area contributed by atoms with Gasteiger partial charge in [-0.25, -0.2) is 0 Å². The molecule has 28 heavy (non-hydrogen) atoms. The second-order valence-electron chi connectivity index (χ2n) is 6.03. The van der Waals surface area contributed by atoms with Crippen LogP contribution in [0.4, 0.5) is 5.69 Å². The van der Waals surface area contributed by atoms with E-state index in [2.05, 4.69) is 5.10 Å². The molecule has 0 saturated heterocycles. The molecular formula is C18H15Cl2N3O4S. The molecule has 0 saturated carbocycles. The van der Waals surface area contributed by atoms with Gasteiger partial charge < -0.3 is 10.8 Å². The van der Waals surface area contributed by atoms with Gasteiger partial charge in [0.25, 0.3) is 10.0 Å². The summed E-state index contributed by atoms with van der Waals surface area (Å²) in [6, 6.07) is 11.9. The third kappa shape index (κ3) is 3.58. The minimum atomic E-state index is -4.17. The molecule has 0 fully saturated rings. The van der Waals surface area contributed by atoms with Crippen LogP contribution in [-0.2, 0) is 14.8 Å². The van der Waals surface area contributed by atoms with E-state index in [-0.39, 0.29) is 21.3 Å². The van der Waals surface area contributed by atoms with E-state index in [1.807, 2.05) is 0 Å². The number of hydrogen-bond donors (Lipinski definition) is 2. The third-order valence-electron chi connectivity index (χ3n) is 4.13. The van der Waals surface area contributed by atoms with Crippen LogP contribution in [0.2, 0.25) is 10.0 Å². The average molecular weight is 440 g/mol. The van der Waals surface area contributed by atoms with Gasteiger partial charge in [0.2, 0.25) is 0 Å². The summed E-state index contributed by atoms with van der Waals surface area (Å²) >= 11 is 12.3. The normalized spacial score (nSPS) is 12.7. The highest BCUT2D eigenvalue weighted by Crippen LogP contribution is 2.37. The molecule has 0 radical (unpaired) electrons. The van der Waals surface area contributed by atoms with Crippen molar-refractivity contribution in [2.75, 3.05) is 5.73 Å². The summed E-state index contributed by atoms with van der Waals surface area (Å²) in [4.78, 5) is 11.4. The Hall–Kier alpha value is -2.55. The number of nitrogen functional groups attached to an aromatic ring is 1. The lowest BCUT2D eigenvalue weighted by Gasteiger charge is -2.10. The predicted octanol–water partition coefficient (Wildman–Crippen LogP) is 3.86. The van der Waals surface area contributed by atoms with Gasteiger partial charge in [0.1, 0.15) is 5.69 Å². The van der Waals surface area contributed by atoms with Crippen molar-refractivity contribution in [2.45, 2.75) is 17.7 Å². The molecule has 1 atom stereocenters. The van der Waals surface area contributed by atoms with Gasteiger partial charge >= 0.3 is 5.97 Å². The number of halogens is 2. The Kier molecular flexibility index (Phi) is 5.38. The standard InChI is InChI=1S/C18H15Cl2N3O4S/c1-10(18(24)25)16-15(20)17(11-2-4-12(19)5-3-11)23(22-16)28(26,27)14-8-6-13(21)7-9-14/h2-10H,21H2,1H3,(H,24,25). The lowest BCUT2D eigenvalue weighted by molar-refractivity contribution is -0.138. The molecule has 0 aliphatic carbocycles. The highest BCUT2D eigenvalue weighted by Gasteiger charge is 2.31. The van der Waals surface area contributed by atoms with Crippen molar-refractivity contribution in [1.82, 2.24) is 9.19 Å². The number of hydrogen-bond acceptors (Lipinski definition) is 5. The Balaban J connectivity index is 2.30. The van der Waals surface area contributed by atoms with E-state index in [0.717, 1.165) is 4.09 Å². The monoisotopic (exact) mass is 439 g/mol. The molecule has 1 unspecified atom stereocenters. The molecule has 10 heteroatoms. The van der Waals surface area contributed by atoms with Crippen LogP contribution in [0.15, 0.2) is 53.4 Å². The molecule has 146 valence electrons. The molecule has 2 aromatic carbocycles. The van der Waals surface area contributed by atoms with Gasteiger partial charge in [-0.15, -0.1) is 0 Å². The van der Waals surface area contributed by atoms with Crippen LogP contribution in [-0.4, -0.2) is 28.7 Å². The lowest BCUT2D eigenvalue weighted by atomic mass is 10.1. The van der Waals surface area contributed by atoms with Crippen LogP contribution in [0.3, 0.4) is 0 Å². The zero-order valence-corrected chi connectivity index (χ0v) is 16.8. The molecule has 1 heterocycles. The first-order chi connectivity index (χ1) is 13.1.